The minimum absolute atomic E-state index is 0.0314. The van der Waals surface area contributed by atoms with Gasteiger partial charge in [-0.1, -0.05) is 16.8 Å². The number of anilines is 1. The van der Waals surface area contributed by atoms with E-state index in [-0.39, 0.29) is 32.0 Å². The van der Waals surface area contributed by atoms with E-state index < -0.39 is 25.6 Å². The number of halogens is 1. The molecule has 0 saturated carbocycles. The maximum absolute atomic E-state index is 13.0. The molecule has 0 radical (unpaired) electrons. The molecular weight excluding hydrogens is 484 g/mol. The second-order valence-corrected chi connectivity index (χ2v) is 12.0. The standard InChI is InChI=1S/C19H19ClN2O6S3/c1-10-7-13(30(4,24)25)8-11(2)14(10)9-15(23)18-16(5-6-29-18)31(26,27)22-19-17(20)12(3)21-28-19/h5-8,22H,9H2,1-4H3. The molecule has 166 valence electrons. The minimum atomic E-state index is -4.15. The molecule has 1 N–H and O–H groups in total. The van der Waals surface area contributed by atoms with Crippen molar-refractivity contribution in [1.29, 1.82) is 0 Å². The molecule has 0 saturated heterocycles. The molecule has 0 bridgehead atoms. The third kappa shape index (κ3) is 4.84. The number of nitrogens with zero attached hydrogens (tertiary/aromatic N) is 1. The number of aryl methyl sites for hydroxylation is 3. The molecule has 31 heavy (non-hydrogen) atoms. The normalized spacial score (nSPS) is 12.2. The number of carbonyl (C=O) groups excluding carboxylic acids is 1. The Bertz CT molecular complexity index is 1360. The first-order valence-corrected chi connectivity index (χ1v) is 13.5. The van der Waals surface area contributed by atoms with E-state index >= 15 is 0 Å². The van der Waals surface area contributed by atoms with Crippen molar-refractivity contribution in [3.05, 3.63) is 55.9 Å². The highest BCUT2D eigenvalue weighted by atomic mass is 35.5. The highest BCUT2D eigenvalue weighted by molar-refractivity contribution is 7.93. The number of aromatic nitrogens is 1. The van der Waals surface area contributed by atoms with Crippen LogP contribution >= 0.6 is 22.9 Å². The lowest BCUT2D eigenvalue weighted by Crippen LogP contribution is -2.16. The van der Waals surface area contributed by atoms with E-state index in [1.807, 2.05) is 0 Å². The van der Waals surface area contributed by atoms with Crippen LogP contribution in [0, 0.1) is 20.8 Å². The maximum atomic E-state index is 13.0. The quantitative estimate of drug-likeness (QED) is 0.485. The van der Waals surface area contributed by atoms with Crippen molar-refractivity contribution in [3.8, 4) is 0 Å². The zero-order chi connectivity index (χ0) is 23.1. The second-order valence-electron chi connectivity index (χ2n) is 7.04. The fourth-order valence-electron chi connectivity index (χ4n) is 3.00. The summed E-state index contributed by atoms with van der Waals surface area (Å²) < 4.78 is 56.4. The van der Waals surface area contributed by atoms with E-state index in [0.29, 0.717) is 22.4 Å². The number of benzene rings is 1. The molecule has 1 aromatic carbocycles. The lowest BCUT2D eigenvalue weighted by atomic mass is 9.97. The van der Waals surface area contributed by atoms with Crippen molar-refractivity contribution < 1.29 is 26.2 Å². The summed E-state index contributed by atoms with van der Waals surface area (Å²) in [6.45, 7) is 4.99. The molecule has 0 aliphatic heterocycles. The van der Waals surface area contributed by atoms with Crippen LogP contribution in [0.4, 0.5) is 5.88 Å². The monoisotopic (exact) mass is 502 g/mol. The molecule has 2 heterocycles. The Morgan fingerprint density at radius 1 is 1.16 bits per heavy atom. The summed E-state index contributed by atoms with van der Waals surface area (Å²) in [6.07, 6.45) is 1.04. The number of hydrogen-bond acceptors (Lipinski definition) is 8. The number of nitrogens with one attached hydrogen (secondary N) is 1. The average Bonchev–Trinajstić information content (AvgIpc) is 3.27. The summed E-state index contributed by atoms with van der Waals surface area (Å²) in [6, 6.07) is 4.34. The fourth-order valence-corrected chi connectivity index (χ4v) is 6.34. The van der Waals surface area contributed by atoms with Gasteiger partial charge in [0.15, 0.2) is 15.6 Å². The Morgan fingerprint density at radius 2 is 1.77 bits per heavy atom. The average molecular weight is 503 g/mol. The van der Waals surface area contributed by atoms with E-state index in [1.54, 1.807) is 20.8 Å². The number of hydrogen-bond donors (Lipinski definition) is 1. The highest BCUT2D eigenvalue weighted by Gasteiger charge is 2.27. The summed E-state index contributed by atoms with van der Waals surface area (Å²) in [5.41, 5.74) is 2.24. The second kappa shape index (κ2) is 8.38. The van der Waals surface area contributed by atoms with E-state index in [0.717, 1.165) is 17.6 Å². The Hall–Kier alpha value is -2.21. The number of rotatable bonds is 7. The van der Waals surface area contributed by atoms with Gasteiger partial charge in [-0.2, -0.15) is 0 Å². The first-order valence-electron chi connectivity index (χ1n) is 8.86. The number of sulfonamides is 1. The van der Waals surface area contributed by atoms with Crippen molar-refractivity contribution >= 4 is 54.5 Å². The largest absolute Gasteiger partial charge is 0.336 e. The van der Waals surface area contributed by atoms with Gasteiger partial charge in [-0.15, -0.1) is 11.3 Å². The SMILES string of the molecule is Cc1cc(S(C)(=O)=O)cc(C)c1CC(=O)c1sccc1S(=O)(=O)Nc1onc(C)c1Cl. The van der Waals surface area contributed by atoms with E-state index in [9.17, 15) is 21.6 Å². The molecular formula is C19H19ClN2O6S3. The predicted molar refractivity (Wildman–Crippen MR) is 118 cm³/mol. The van der Waals surface area contributed by atoms with Gasteiger partial charge < -0.3 is 4.52 Å². The van der Waals surface area contributed by atoms with E-state index in [2.05, 4.69) is 9.88 Å². The van der Waals surface area contributed by atoms with Gasteiger partial charge in [-0.05, 0) is 61.0 Å². The van der Waals surface area contributed by atoms with Crippen LogP contribution in [-0.4, -0.2) is 34.0 Å². The van der Waals surface area contributed by atoms with Crippen molar-refractivity contribution in [3.63, 3.8) is 0 Å². The van der Waals surface area contributed by atoms with Crippen molar-refractivity contribution in [2.75, 3.05) is 11.0 Å². The third-order valence-corrected chi connectivity index (χ3v) is 8.62. The maximum Gasteiger partial charge on any atom is 0.265 e. The number of carbonyl (C=O) groups is 1. The van der Waals surface area contributed by atoms with Gasteiger partial charge in [0, 0.05) is 12.7 Å². The summed E-state index contributed by atoms with van der Waals surface area (Å²) in [5.74, 6) is -0.639. The Balaban J connectivity index is 1.92. The van der Waals surface area contributed by atoms with Crippen LogP contribution in [0.2, 0.25) is 5.02 Å². The van der Waals surface area contributed by atoms with Crippen molar-refractivity contribution in [1.82, 2.24) is 5.16 Å². The third-order valence-electron chi connectivity index (χ3n) is 4.62. The molecule has 0 unspecified atom stereocenters. The Labute approximate surface area is 189 Å². The van der Waals surface area contributed by atoms with E-state index in [4.69, 9.17) is 16.1 Å². The van der Waals surface area contributed by atoms with Crippen LogP contribution in [0.1, 0.15) is 32.1 Å². The highest BCUT2D eigenvalue weighted by Crippen LogP contribution is 2.31. The molecule has 3 aromatic rings. The van der Waals surface area contributed by atoms with Crippen LogP contribution in [0.15, 0.2) is 37.9 Å². The molecule has 2 aromatic heterocycles. The molecule has 8 nitrogen and oxygen atoms in total. The number of Topliss-reactive ketones (excluding diaryl/α,β-unsaturated/α-hetero) is 1. The van der Waals surface area contributed by atoms with Gasteiger partial charge in [-0.25, -0.2) is 21.6 Å². The number of ketones is 1. The molecule has 0 aliphatic rings. The number of sulfone groups is 1. The first-order chi connectivity index (χ1) is 14.3. The summed E-state index contributed by atoms with van der Waals surface area (Å²) in [4.78, 5) is 13.0. The first kappa shape index (κ1) is 23.5. The molecule has 0 fully saturated rings. The molecule has 0 spiro atoms. The topological polar surface area (TPSA) is 123 Å². The van der Waals surface area contributed by atoms with Crippen LogP contribution < -0.4 is 4.72 Å². The molecule has 3 rings (SSSR count). The zero-order valence-corrected chi connectivity index (χ0v) is 20.2. The molecule has 0 aliphatic carbocycles. The summed E-state index contributed by atoms with van der Waals surface area (Å²) in [5, 5.41) is 5.13. The van der Waals surface area contributed by atoms with Crippen LogP contribution in [0.3, 0.4) is 0 Å². The predicted octanol–water partition coefficient (Wildman–Crippen LogP) is 3.94. The summed E-state index contributed by atoms with van der Waals surface area (Å²) >= 11 is 6.97. The van der Waals surface area contributed by atoms with E-state index in [1.165, 1.54) is 23.6 Å². The molecule has 0 amide bonds. The van der Waals surface area contributed by atoms with Gasteiger partial charge in [0.2, 0.25) is 0 Å². The fraction of sp³-hybridized carbons (Fsp3) is 0.263. The van der Waals surface area contributed by atoms with Crippen LogP contribution in [0.5, 0.6) is 0 Å². The van der Waals surface area contributed by atoms with Gasteiger partial charge in [0.1, 0.15) is 15.6 Å². The van der Waals surface area contributed by atoms with Gasteiger partial charge in [0.25, 0.3) is 15.9 Å². The zero-order valence-electron chi connectivity index (χ0n) is 17.0. The van der Waals surface area contributed by atoms with Crippen molar-refractivity contribution in [2.45, 2.75) is 37.0 Å². The Morgan fingerprint density at radius 3 is 2.29 bits per heavy atom. The van der Waals surface area contributed by atoms with Crippen LogP contribution in [0.25, 0.3) is 0 Å². The van der Waals surface area contributed by atoms with Gasteiger partial charge in [0.05, 0.1) is 9.77 Å². The lowest BCUT2D eigenvalue weighted by Gasteiger charge is -2.12. The summed E-state index contributed by atoms with van der Waals surface area (Å²) in [7, 11) is -7.54. The Kier molecular flexibility index (Phi) is 6.34. The molecule has 0 atom stereocenters. The van der Waals surface area contributed by atoms with Crippen molar-refractivity contribution in [2.24, 2.45) is 0 Å². The molecule has 12 heteroatoms. The van der Waals surface area contributed by atoms with Gasteiger partial charge in [-0.3, -0.25) is 4.79 Å². The minimum Gasteiger partial charge on any atom is -0.336 e. The number of thiophene rings is 1. The lowest BCUT2D eigenvalue weighted by molar-refractivity contribution is 0.0993. The van der Waals surface area contributed by atoms with Crippen LogP contribution in [-0.2, 0) is 26.3 Å². The smallest absolute Gasteiger partial charge is 0.265 e. The van der Waals surface area contributed by atoms with Gasteiger partial charge >= 0.3 is 0 Å².